The normalized spacial score (nSPS) is 10.6. The van der Waals surface area contributed by atoms with E-state index in [4.69, 9.17) is 10.00 Å². The summed E-state index contributed by atoms with van der Waals surface area (Å²) >= 11 is 2.56. The number of anilines is 1. The van der Waals surface area contributed by atoms with Crippen molar-refractivity contribution in [1.29, 1.82) is 5.26 Å². The number of carbonyl (C=O) groups excluding carboxylic acids is 1. The molecule has 0 fully saturated rings. The summed E-state index contributed by atoms with van der Waals surface area (Å²) in [7, 11) is 0. The molecule has 3 heterocycles. The molecule has 9 heteroatoms. The largest absolute Gasteiger partial charge is 0.493 e. The highest BCUT2D eigenvalue weighted by atomic mass is 32.1. The van der Waals surface area contributed by atoms with E-state index in [9.17, 15) is 4.79 Å². The van der Waals surface area contributed by atoms with Crippen LogP contribution in [-0.2, 0) is 0 Å². The Morgan fingerprint density at radius 1 is 1.21 bits per heavy atom. The molecule has 0 radical (unpaired) electrons. The smallest absolute Gasteiger partial charge is 0.267 e. The van der Waals surface area contributed by atoms with Gasteiger partial charge in [-0.25, -0.2) is 4.98 Å². The van der Waals surface area contributed by atoms with Crippen LogP contribution >= 0.6 is 22.7 Å². The number of nitriles is 1. The second-order valence-corrected chi connectivity index (χ2v) is 7.64. The Labute approximate surface area is 168 Å². The summed E-state index contributed by atoms with van der Waals surface area (Å²) < 4.78 is 5.59. The summed E-state index contributed by atoms with van der Waals surface area (Å²) in [6.07, 6.45) is 1.67. The Kier molecular flexibility index (Phi) is 4.97. The van der Waals surface area contributed by atoms with Crippen molar-refractivity contribution in [2.24, 2.45) is 0 Å². The molecule has 4 rings (SSSR count). The molecule has 0 saturated heterocycles. The lowest BCUT2D eigenvalue weighted by molar-refractivity contribution is 0.103. The maximum Gasteiger partial charge on any atom is 0.267 e. The molecule has 3 aromatic heterocycles. The van der Waals surface area contributed by atoms with Crippen LogP contribution in [0.15, 0.2) is 42.6 Å². The molecule has 1 amide bonds. The van der Waals surface area contributed by atoms with Crippen LogP contribution in [0.2, 0.25) is 0 Å². The minimum Gasteiger partial charge on any atom is -0.493 e. The molecule has 1 N–H and O–H groups in total. The highest BCUT2D eigenvalue weighted by Crippen LogP contribution is 2.32. The molecule has 138 valence electrons. The van der Waals surface area contributed by atoms with E-state index in [1.807, 2.05) is 6.92 Å². The molecule has 0 spiro atoms. The molecule has 0 saturated carbocycles. The van der Waals surface area contributed by atoms with E-state index in [-0.39, 0.29) is 5.91 Å². The quantitative estimate of drug-likeness (QED) is 0.528. The molecular weight excluding hydrogens is 394 g/mol. The molecule has 0 unspecified atom stereocenters. The van der Waals surface area contributed by atoms with E-state index in [2.05, 4.69) is 26.6 Å². The first-order valence-electron chi connectivity index (χ1n) is 8.34. The third-order valence-corrected chi connectivity index (χ3v) is 5.76. The Morgan fingerprint density at radius 3 is 2.79 bits per heavy atom. The minimum absolute atomic E-state index is 0.270. The summed E-state index contributed by atoms with van der Waals surface area (Å²) in [5.74, 6) is 0.440. The molecule has 0 aliphatic heterocycles. The zero-order chi connectivity index (χ0) is 19.5. The average Bonchev–Trinajstić information content (AvgIpc) is 3.36. The van der Waals surface area contributed by atoms with Crippen LogP contribution in [0.5, 0.6) is 5.75 Å². The third kappa shape index (κ3) is 3.55. The molecule has 4 aromatic rings. The first-order valence-corrected chi connectivity index (χ1v) is 9.98. The van der Waals surface area contributed by atoms with Crippen molar-refractivity contribution in [2.75, 3.05) is 11.9 Å². The molecule has 0 aliphatic rings. The number of aromatic nitrogens is 3. The number of nitrogens with zero attached hydrogens (tertiary/aromatic N) is 4. The first-order chi connectivity index (χ1) is 13.7. The van der Waals surface area contributed by atoms with Crippen LogP contribution in [0.25, 0.3) is 20.8 Å². The predicted octanol–water partition coefficient (Wildman–Crippen LogP) is 4.34. The highest BCUT2D eigenvalue weighted by Gasteiger charge is 2.16. The van der Waals surface area contributed by atoms with Crippen LogP contribution in [0.3, 0.4) is 0 Å². The van der Waals surface area contributed by atoms with Gasteiger partial charge in [-0.1, -0.05) is 23.5 Å². The molecule has 1 aromatic carbocycles. The molecular formula is C19H13N5O2S2. The van der Waals surface area contributed by atoms with Crippen molar-refractivity contribution < 1.29 is 9.53 Å². The SMILES string of the molecule is CCOc1ccnc2sc(C(=O)Nc3nnc(-c4ccc(C#N)cc4)s3)cc12. The Bertz CT molecular complexity index is 1190. The van der Waals surface area contributed by atoms with Crippen molar-refractivity contribution in [1.82, 2.24) is 15.2 Å². The zero-order valence-electron chi connectivity index (χ0n) is 14.7. The van der Waals surface area contributed by atoms with Gasteiger partial charge >= 0.3 is 0 Å². The van der Waals surface area contributed by atoms with Gasteiger partial charge in [0.15, 0.2) is 0 Å². The number of thiophene rings is 1. The van der Waals surface area contributed by atoms with E-state index in [1.54, 1.807) is 42.6 Å². The van der Waals surface area contributed by atoms with Crippen molar-refractivity contribution in [3.8, 4) is 22.4 Å². The maximum absolute atomic E-state index is 12.6. The van der Waals surface area contributed by atoms with E-state index < -0.39 is 0 Å². The Hall–Kier alpha value is -3.35. The van der Waals surface area contributed by atoms with Crippen molar-refractivity contribution in [3.63, 3.8) is 0 Å². The van der Waals surface area contributed by atoms with Crippen molar-refractivity contribution in [2.45, 2.75) is 6.92 Å². The number of fused-ring (bicyclic) bond motifs is 1. The van der Waals surface area contributed by atoms with Gasteiger partial charge in [-0.3, -0.25) is 10.1 Å². The second kappa shape index (κ2) is 7.72. The van der Waals surface area contributed by atoms with E-state index in [1.165, 1.54) is 22.7 Å². The van der Waals surface area contributed by atoms with Gasteiger partial charge in [0.2, 0.25) is 5.13 Å². The van der Waals surface area contributed by atoms with Gasteiger partial charge in [-0.2, -0.15) is 5.26 Å². The van der Waals surface area contributed by atoms with Gasteiger partial charge in [-0.15, -0.1) is 21.5 Å². The fourth-order valence-electron chi connectivity index (χ4n) is 2.55. The van der Waals surface area contributed by atoms with Crippen LogP contribution < -0.4 is 10.1 Å². The summed E-state index contributed by atoms with van der Waals surface area (Å²) in [6.45, 7) is 2.45. The predicted molar refractivity (Wildman–Crippen MR) is 109 cm³/mol. The summed E-state index contributed by atoms with van der Waals surface area (Å²) in [6, 6.07) is 12.7. The van der Waals surface area contributed by atoms with E-state index in [0.717, 1.165) is 15.8 Å². The monoisotopic (exact) mass is 407 g/mol. The van der Waals surface area contributed by atoms with Gasteiger partial charge in [0, 0.05) is 11.8 Å². The second-order valence-electron chi connectivity index (χ2n) is 5.63. The number of pyridine rings is 1. The summed E-state index contributed by atoms with van der Waals surface area (Å²) in [4.78, 5) is 18.2. The Morgan fingerprint density at radius 2 is 2.04 bits per heavy atom. The number of nitrogens with one attached hydrogen (secondary N) is 1. The number of rotatable bonds is 5. The van der Waals surface area contributed by atoms with Gasteiger partial charge in [0.05, 0.1) is 28.5 Å². The summed E-state index contributed by atoms with van der Waals surface area (Å²) in [5.41, 5.74) is 1.41. The van der Waals surface area contributed by atoms with Gasteiger partial charge in [-0.05, 0) is 31.2 Å². The molecule has 7 nitrogen and oxygen atoms in total. The van der Waals surface area contributed by atoms with Gasteiger partial charge in [0.1, 0.15) is 15.6 Å². The first kappa shape index (κ1) is 18.0. The standard InChI is InChI=1S/C19H13N5O2S2/c1-2-26-14-7-8-21-18-13(14)9-15(27-18)16(25)22-19-24-23-17(28-19)12-5-3-11(10-20)4-6-12/h3-9H,2H2,1H3,(H,22,24,25). The topological polar surface area (TPSA) is 101 Å². The van der Waals surface area contributed by atoms with Crippen molar-refractivity contribution in [3.05, 3.63) is 53.0 Å². The molecule has 0 aliphatic carbocycles. The number of amides is 1. The zero-order valence-corrected chi connectivity index (χ0v) is 16.3. The fraction of sp³-hybridized carbons (Fsp3) is 0.105. The summed E-state index contributed by atoms with van der Waals surface area (Å²) in [5, 5.41) is 21.7. The maximum atomic E-state index is 12.6. The highest BCUT2D eigenvalue weighted by molar-refractivity contribution is 7.21. The lowest BCUT2D eigenvalue weighted by atomic mass is 10.2. The Balaban J connectivity index is 1.54. The molecule has 0 atom stereocenters. The number of hydrogen-bond donors (Lipinski definition) is 1. The van der Waals surface area contributed by atoms with Crippen LogP contribution in [-0.4, -0.2) is 27.7 Å². The number of carbonyl (C=O) groups is 1. The minimum atomic E-state index is -0.270. The third-order valence-electron chi connectivity index (χ3n) is 3.83. The fourth-order valence-corrected chi connectivity index (χ4v) is 4.20. The van der Waals surface area contributed by atoms with Crippen LogP contribution in [0, 0.1) is 11.3 Å². The average molecular weight is 407 g/mol. The number of hydrogen-bond acceptors (Lipinski definition) is 8. The molecule has 0 bridgehead atoms. The van der Waals surface area contributed by atoms with Crippen LogP contribution in [0.4, 0.5) is 5.13 Å². The van der Waals surface area contributed by atoms with Crippen LogP contribution in [0.1, 0.15) is 22.2 Å². The van der Waals surface area contributed by atoms with E-state index in [0.29, 0.717) is 32.9 Å². The number of benzene rings is 1. The molecule has 28 heavy (non-hydrogen) atoms. The lowest BCUT2D eigenvalue weighted by Gasteiger charge is -2.02. The van der Waals surface area contributed by atoms with Gasteiger partial charge in [0.25, 0.3) is 5.91 Å². The number of ether oxygens (including phenoxy) is 1. The van der Waals surface area contributed by atoms with Crippen molar-refractivity contribution >= 4 is 43.9 Å². The van der Waals surface area contributed by atoms with Gasteiger partial charge < -0.3 is 4.74 Å². The van der Waals surface area contributed by atoms with E-state index >= 15 is 0 Å². The lowest BCUT2D eigenvalue weighted by Crippen LogP contribution is -2.09.